The van der Waals surface area contributed by atoms with Crippen molar-refractivity contribution in [1.29, 1.82) is 0 Å². The molecule has 0 atom stereocenters. The van der Waals surface area contributed by atoms with Crippen molar-refractivity contribution in [3.63, 3.8) is 0 Å². The molecule has 132 valence electrons. The lowest BCUT2D eigenvalue weighted by Crippen LogP contribution is -2.27. The summed E-state index contributed by atoms with van der Waals surface area (Å²) < 4.78 is 1.55. The molecule has 3 aromatic rings. The van der Waals surface area contributed by atoms with Gasteiger partial charge in [0.25, 0.3) is 11.8 Å². The minimum atomic E-state index is -0.599. The molecule has 0 aliphatic rings. The second-order valence-electron chi connectivity index (χ2n) is 5.69. The fraction of sp³-hybridized carbons (Fsp3) is 0.167. The summed E-state index contributed by atoms with van der Waals surface area (Å²) in [5.74, 6) is -0.335. The molecule has 2 heterocycles. The van der Waals surface area contributed by atoms with Crippen molar-refractivity contribution in [2.75, 3.05) is 6.54 Å². The zero-order valence-electron chi connectivity index (χ0n) is 14.2. The minimum absolute atomic E-state index is 0.240. The molecule has 0 bridgehead atoms. The molecule has 26 heavy (non-hydrogen) atoms. The SMILES string of the molecule is Cn1cc(C(=O)NCCc2nc(-c3ccccc3)ncc2C(N)=O)cn1. The van der Waals surface area contributed by atoms with Crippen LogP contribution >= 0.6 is 0 Å². The normalized spacial score (nSPS) is 10.5. The molecule has 0 unspecified atom stereocenters. The Morgan fingerprint density at radius 3 is 2.62 bits per heavy atom. The number of rotatable bonds is 6. The quantitative estimate of drug-likeness (QED) is 0.686. The number of hydrogen-bond donors (Lipinski definition) is 2. The van der Waals surface area contributed by atoms with Crippen LogP contribution in [0.15, 0.2) is 48.9 Å². The van der Waals surface area contributed by atoms with Gasteiger partial charge >= 0.3 is 0 Å². The lowest BCUT2D eigenvalue weighted by atomic mass is 10.1. The van der Waals surface area contributed by atoms with Crippen LogP contribution in [0.3, 0.4) is 0 Å². The number of carbonyl (C=O) groups is 2. The van der Waals surface area contributed by atoms with Crippen LogP contribution in [0.5, 0.6) is 0 Å². The molecular formula is C18H18N6O2. The highest BCUT2D eigenvalue weighted by Gasteiger charge is 2.14. The van der Waals surface area contributed by atoms with Crippen molar-refractivity contribution in [2.45, 2.75) is 6.42 Å². The van der Waals surface area contributed by atoms with Gasteiger partial charge in [0.15, 0.2) is 5.82 Å². The van der Waals surface area contributed by atoms with Crippen LogP contribution in [0.1, 0.15) is 26.4 Å². The van der Waals surface area contributed by atoms with Crippen molar-refractivity contribution in [3.05, 3.63) is 65.7 Å². The molecule has 8 nitrogen and oxygen atoms in total. The van der Waals surface area contributed by atoms with Gasteiger partial charge in [-0.15, -0.1) is 0 Å². The average Bonchev–Trinajstić information content (AvgIpc) is 3.08. The monoisotopic (exact) mass is 350 g/mol. The van der Waals surface area contributed by atoms with Gasteiger partial charge in [-0.1, -0.05) is 30.3 Å². The van der Waals surface area contributed by atoms with Gasteiger partial charge in [-0.25, -0.2) is 9.97 Å². The summed E-state index contributed by atoms with van der Waals surface area (Å²) in [6.07, 6.45) is 4.90. The van der Waals surface area contributed by atoms with E-state index >= 15 is 0 Å². The Balaban J connectivity index is 1.75. The summed E-state index contributed by atoms with van der Waals surface area (Å²) >= 11 is 0. The van der Waals surface area contributed by atoms with E-state index in [1.165, 1.54) is 12.4 Å². The minimum Gasteiger partial charge on any atom is -0.365 e. The van der Waals surface area contributed by atoms with Crippen LogP contribution in [0, 0.1) is 0 Å². The van der Waals surface area contributed by atoms with Crippen molar-refractivity contribution in [2.24, 2.45) is 12.8 Å². The molecule has 8 heteroatoms. The van der Waals surface area contributed by atoms with E-state index in [9.17, 15) is 9.59 Å². The van der Waals surface area contributed by atoms with Crippen molar-refractivity contribution < 1.29 is 9.59 Å². The fourth-order valence-electron chi connectivity index (χ4n) is 2.47. The summed E-state index contributed by atoms with van der Waals surface area (Å²) in [6, 6.07) is 9.43. The van der Waals surface area contributed by atoms with Crippen LogP contribution in [0.25, 0.3) is 11.4 Å². The van der Waals surface area contributed by atoms with E-state index in [1.807, 2.05) is 30.3 Å². The average molecular weight is 350 g/mol. The van der Waals surface area contributed by atoms with Gasteiger partial charge in [-0.2, -0.15) is 5.10 Å². The second-order valence-corrected chi connectivity index (χ2v) is 5.69. The number of nitrogens with zero attached hydrogens (tertiary/aromatic N) is 4. The Morgan fingerprint density at radius 1 is 1.19 bits per heavy atom. The van der Waals surface area contributed by atoms with E-state index in [0.717, 1.165) is 5.56 Å². The molecule has 3 N–H and O–H groups in total. The van der Waals surface area contributed by atoms with Gasteiger partial charge in [0.05, 0.1) is 23.0 Å². The van der Waals surface area contributed by atoms with Crippen LogP contribution in [0.2, 0.25) is 0 Å². The third-order valence-electron chi connectivity index (χ3n) is 3.78. The largest absolute Gasteiger partial charge is 0.365 e. The number of nitrogens with one attached hydrogen (secondary N) is 1. The molecule has 0 aliphatic carbocycles. The third-order valence-corrected chi connectivity index (χ3v) is 3.78. The summed E-state index contributed by atoms with van der Waals surface area (Å²) in [5.41, 5.74) is 7.46. The number of benzene rings is 1. The zero-order valence-corrected chi connectivity index (χ0v) is 14.2. The first-order valence-electron chi connectivity index (χ1n) is 8.02. The molecule has 3 rings (SSSR count). The lowest BCUT2D eigenvalue weighted by molar-refractivity contribution is 0.0953. The first-order chi connectivity index (χ1) is 12.5. The van der Waals surface area contributed by atoms with Crippen molar-refractivity contribution in [1.82, 2.24) is 25.1 Å². The van der Waals surface area contributed by atoms with Gasteiger partial charge in [0.2, 0.25) is 0 Å². The second kappa shape index (κ2) is 7.56. The summed E-state index contributed by atoms with van der Waals surface area (Å²) in [7, 11) is 1.74. The van der Waals surface area contributed by atoms with Crippen molar-refractivity contribution >= 4 is 11.8 Å². The Morgan fingerprint density at radius 2 is 1.96 bits per heavy atom. The maximum atomic E-state index is 12.1. The highest BCUT2D eigenvalue weighted by Crippen LogP contribution is 2.16. The number of amides is 2. The van der Waals surface area contributed by atoms with E-state index in [1.54, 1.807) is 17.9 Å². The molecule has 0 radical (unpaired) electrons. The zero-order chi connectivity index (χ0) is 18.5. The maximum Gasteiger partial charge on any atom is 0.254 e. The van der Waals surface area contributed by atoms with Gasteiger partial charge in [-0.05, 0) is 0 Å². The Kier molecular flexibility index (Phi) is 5.02. The number of carbonyl (C=O) groups excluding carboxylic acids is 2. The number of aromatic nitrogens is 4. The predicted molar refractivity (Wildman–Crippen MR) is 95.2 cm³/mol. The highest BCUT2D eigenvalue weighted by atomic mass is 16.2. The van der Waals surface area contributed by atoms with Crippen LogP contribution < -0.4 is 11.1 Å². The van der Waals surface area contributed by atoms with Gasteiger partial charge < -0.3 is 11.1 Å². The maximum absolute atomic E-state index is 12.1. The van der Waals surface area contributed by atoms with Crippen molar-refractivity contribution in [3.8, 4) is 11.4 Å². The van der Waals surface area contributed by atoms with Gasteiger partial charge in [-0.3, -0.25) is 14.3 Å². The Labute approximate surface area is 150 Å². The topological polar surface area (TPSA) is 116 Å². The van der Waals surface area contributed by atoms with Crippen LogP contribution in [-0.4, -0.2) is 38.1 Å². The number of hydrogen-bond acceptors (Lipinski definition) is 5. The van der Waals surface area contributed by atoms with Gasteiger partial charge in [0.1, 0.15) is 0 Å². The third kappa shape index (κ3) is 3.92. The molecule has 0 aliphatic heterocycles. The first kappa shape index (κ1) is 17.3. The molecule has 0 fully saturated rings. The molecule has 1 aromatic carbocycles. The van der Waals surface area contributed by atoms with E-state index in [2.05, 4.69) is 20.4 Å². The molecule has 0 saturated heterocycles. The molecule has 2 amide bonds. The summed E-state index contributed by atoms with van der Waals surface area (Å²) in [5, 5.41) is 6.74. The lowest BCUT2D eigenvalue weighted by Gasteiger charge is -2.09. The summed E-state index contributed by atoms with van der Waals surface area (Å²) in [4.78, 5) is 32.4. The standard InChI is InChI=1S/C18H18N6O2/c1-24-11-13(9-22-24)18(26)20-8-7-15-14(16(19)25)10-21-17(23-15)12-5-3-2-4-6-12/h2-6,9-11H,7-8H2,1H3,(H2,19,25)(H,20,26). The molecule has 0 spiro atoms. The number of aryl methyl sites for hydroxylation is 1. The van der Waals surface area contributed by atoms with Crippen LogP contribution in [-0.2, 0) is 13.5 Å². The van der Waals surface area contributed by atoms with Gasteiger partial charge in [0, 0.05) is 38.0 Å². The smallest absolute Gasteiger partial charge is 0.254 e. The molecule has 0 saturated carbocycles. The summed E-state index contributed by atoms with van der Waals surface area (Å²) in [6.45, 7) is 0.305. The van der Waals surface area contributed by atoms with E-state index in [4.69, 9.17) is 5.73 Å². The Bertz CT molecular complexity index is 936. The van der Waals surface area contributed by atoms with E-state index in [-0.39, 0.29) is 11.5 Å². The fourth-order valence-corrected chi connectivity index (χ4v) is 2.47. The first-order valence-corrected chi connectivity index (χ1v) is 8.02. The number of nitrogens with two attached hydrogens (primary N) is 1. The molecular weight excluding hydrogens is 332 g/mol. The Hall–Kier alpha value is -3.55. The molecule has 2 aromatic heterocycles. The number of primary amides is 1. The predicted octanol–water partition coefficient (Wildman–Crippen LogP) is 0.948. The van der Waals surface area contributed by atoms with E-state index < -0.39 is 5.91 Å². The highest BCUT2D eigenvalue weighted by molar-refractivity contribution is 5.94. The van der Waals surface area contributed by atoms with Crippen LogP contribution in [0.4, 0.5) is 0 Å². The van der Waals surface area contributed by atoms with E-state index in [0.29, 0.717) is 30.0 Å².